The monoisotopic (exact) mass is 246 g/mol. The Morgan fingerprint density at radius 1 is 1.28 bits per heavy atom. The second kappa shape index (κ2) is 6.35. The van der Waals surface area contributed by atoms with Crippen molar-refractivity contribution in [1.82, 2.24) is 4.90 Å². The molecule has 1 aromatic rings. The molecule has 0 radical (unpaired) electrons. The average Bonchev–Trinajstić information content (AvgIpc) is 2.72. The van der Waals surface area contributed by atoms with Gasteiger partial charge in [0.25, 0.3) is 0 Å². The molecule has 1 aliphatic rings. The van der Waals surface area contributed by atoms with Gasteiger partial charge >= 0.3 is 0 Å². The maximum atomic E-state index is 6.32. The quantitative estimate of drug-likeness (QED) is 0.865. The zero-order valence-corrected chi connectivity index (χ0v) is 11.7. The number of nitrogens with two attached hydrogens (primary N) is 1. The standard InChI is InChI=1S/C16H26N2/c1-3-16-10-9-13(2)18(16)12-15(17)11-14-7-5-4-6-8-14/h4-8,13,15-16H,3,9-12,17H2,1-2H3. The molecule has 0 aliphatic carbocycles. The van der Waals surface area contributed by atoms with Crippen molar-refractivity contribution in [2.75, 3.05) is 6.54 Å². The van der Waals surface area contributed by atoms with E-state index in [0.717, 1.165) is 19.0 Å². The third-order valence-corrected chi connectivity index (χ3v) is 4.21. The molecule has 3 unspecified atom stereocenters. The minimum atomic E-state index is 0.252. The molecule has 3 atom stereocenters. The Balaban J connectivity index is 1.88. The van der Waals surface area contributed by atoms with Gasteiger partial charge in [-0.1, -0.05) is 37.3 Å². The Morgan fingerprint density at radius 3 is 2.67 bits per heavy atom. The first kappa shape index (κ1) is 13.6. The molecule has 2 nitrogen and oxygen atoms in total. The molecule has 1 fully saturated rings. The summed E-state index contributed by atoms with van der Waals surface area (Å²) in [5.41, 5.74) is 7.67. The van der Waals surface area contributed by atoms with Crippen LogP contribution in [0.2, 0.25) is 0 Å². The lowest BCUT2D eigenvalue weighted by molar-refractivity contribution is 0.186. The molecule has 100 valence electrons. The normalized spacial score (nSPS) is 26.4. The van der Waals surface area contributed by atoms with E-state index in [1.54, 1.807) is 0 Å². The van der Waals surface area contributed by atoms with E-state index in [-0.39, 0.29) is 6.04 Å². The fourth-order valence-electron chi connectivity index (χ4n) is 3.14. The van der Waals surface area contributed by atoms with E-state index in [4.69, 9.17) is 5.73 Å². The molecule has 1 heterocycles. The van der Waals surface area contributed by atoms with Crippen LogP contribution in [0.4, 0.5) is 0 Å². The second-order valence-corrected chi connectivity index (χ2v) is 5.64. The molecule has 1 aromatic carbocycles. The van der Waals surface area contributed by atoms with Gasteiger partial charge in [0.15, 0.2) is 0 Å². The Kier molecular flexibility index (Phi) is 4.79. The highest BCUT2D eigenvalue weighted by molar-refractivity contribution is 5.15. The number of hydrogen-bond acceptors (Lipinski definition) is 2. The van der Waals surface area contributed by atoms with Crippen molar-refractivity contribution in [3.05, 3.63) is 35.9 Å². The van der Waals surface area contributed by atoms with Crippen LogP contribution in [0.1, 0.15) is 38.7 Å². The molecule has 0 bridgehead atoms. The summed E-state index contributed by atoms with van der Waals surface area (Å²) in [6.45, 7) is 5.66. The minimum Gasteiger partial charge on any atom is -0.326 e. The summed E-state index contributed by atoms with van der Waals surface area (Å²) in [5.74, 6) is 0. The lowest BCUT2D eigenvalue weighted by Crippen LogP contribution is -2.44. The molecule has 0 aromatic heterocycles. The predicted octanol–water partition coefficient (Wildman–Crippen LogP) is 2.82. The molecular formula is C16H26N2. The van der Waals surface area contributed by atoms with Crippen LogP contribution in [0.3, 0.4) is 0 Å². The predicted molar refractivity (Wildman–Crippen MR) is 77.6 cm³/mol. The van der Waals surface area contributed by atoms with Crippen LogP contribution in [0, 0.1) is 0 Å². The summed E-state index contributed by atoms with van der Waals surface area (Å²) in [6, 6.07) is 12.3. The fraction of sp³-hybridized carbons (Fsp3) is 0.625. The molecule has 0 saturated carbocycles. The van der Waals surface area contributed by atoms with Gasteiger partial charge < -0.3 is 5.73 Å². The van der Waals surface area contributed by atoms with Gasteiger partial charge in [-0.3, -0.25) is 4.90 Å². The van der Waals surface area contributed by atoms with Gasteiger partial charge in [0.05, 0.1) is 0 Å². The Labute approximate surface area is 111 Å². The number of nitrogens with zero attached hydrogens (tertiary/aromatic N) is 1. The largest absolute Gasteiger partial charge is 0.326 e. The summed E-state index contributed by atoms with van der Waals surface area (Å²) >= 11 is 0. The number of rotatable bonds is 5. The van der Waals surface area contributed by atoms with Crippen molar-refractivity contribution in [2.45, 2.75) is 57.7 Å². The van der Waals surface area contributed by atoms with E-state index < -0.39 is 0 Å². The molecule has 0 amide bonds. The van der Waals surface area contributed by atoms with Crippen molar-refractivity contribution in [1.29, 1.82) is 0 Å². The highest BCUT2D eigenvalue weighted by atomic mass is 15.2. The number of benzene rings is 1. The highest BCUT2D eigenvalue weighted by Gasteiger charge is 2.29. The van der Waals surface area contributed by atoms with Gasteiger partial charge in [-0.15, -0.1) is 0 Å². The van der Waals surface area contributed by atoms with Crippen molar-refractivity contribution < 1.29 is 0 Å². The van der Waals surface area contributed by atoms with Crippen LogP contribution in [0.5, 0.6) is 0 Å². The zero-order valence-electron chi connectivity index (χ0n) is 11.7. The van der Waals surface area contributed by atoms with Crippen LogP contribution in [-0.2, 0) is 6.42 Å². The maximum absolute atomic E-state index is 6.32. The van der Waals surface area contributed by atoms with Gasteiger partial charge in [0.1, 0.15) is 0 Å². The first-order valence-corrected chi connectivity index (χ1v) is 7.26. The molecule has 0 spiro atoms. The molecule has 2 rings (SSSR count). The third kappa shape index (κ3) is 3.33. The summed E-state index contributed by atoms with van der Waals surface area (Å²) < 4.78 is 0. The second-order valence-electron chi connectivity index (χ2n) is 5.64. The Hall–Kier alpha value is -0.860. The lowest BCUT2D eigenvalue weighted by Gasteiger charge is -2.30. The maximum Gasteiger partial charge on any atom is 0.0208 e. The molecule has 18 heavy (non-hydrogen) atoms. The topological polar surface area (TPSA) is 29.3 Å². The zero-order chi connectivity index (χ0) is 13.0. The average molecular weight is 246 g/mol. The van der Waals surface area contributed by atoms with Crippen LogP contribution >= 0.6 is 0 Å². The molecule has 2 N–H and O–H groups in total. The van der Waals surface area contributed by atoms with Crippen LogP contribution in [-0.4, -0.2) is 29.6 Å². The lowest BCUT2D eigenvalue weighted by atomic mass is 10.1. The molecular weight excluding hydrogens is 220 g/mol. The first-order chi connectivity index (χ1) is 8.70. The van der Waals surface area contributed by atoms with Crippen molar-refractivity contribution in [2.24, 2.45) is 5.73 Å². The number of hydrogen-bond donors (Lipinski definition) is 1. The van der Waals surface area contributed by atoms with Gasteiger partial charge in [0, 0.05) is 24.7 Å². The molecule has 2 heteroatoms. The molecule has 1 saturated heterocycles. The minimum absolute atomic E-state index is 0.252. The Bertz CT molecular complexity index is 349. The van der Waals surface area contributed by atoms with E-state index in [0.29, 0.717) is 6.04 Å². The SMILES string of the molecule is CCC1CCC(C)N1CC(N)Cc1ccccc1. The van der Waals surface area contributed by atoms with Crippen LogP contribution < -0.4 is 5.73 Å². The van der Waals surface area contributed by atoms with E-state index >= 15 is 0 Å². The van der Waals surface area contributed by atoms with Crippen LogP contribution in [0.25, 0.3) is 0 Å². The van der Waals surface area contributed by atoms with Crippen molar-refractivity contribution in [3.8, 4) is 0 Å². The highest BCUT2D eigenvalue weighted by Crippen LogP contribution is 2.26. The van der Waals surface area contributed by atoms with Crippen LogP contribution in [0.15, 0.2) is 30.3 Å². The van der Waals surface area contributed by atoms with E-state index in [2.05, 4.69) is 49.1 Å². The van der Waals surface area contributed by atoms with E-state index in [1.807, 2.05) is 0 Å². The first-order valence-electron chi connectivity index (χ1n) is 7.26. The van der Waals surface area contributed by atoms with Gasteiger partial charge in [0.2, 0.25) is 0 Å². The Morgan fingerprint density at radius 2 is 2.00 bits per heavy atom. The summed E-state index contributed by atoms with van der Waals surface area (Å²) in [7, 11) is 0. The van der Waals surface area contributed by atoms with E-state index in [1.165, 1.54) is 24.8 Å². The van der Waals surface area contributed by atoms with Gasteiger partial charge in [-0.2, -0.15) is 0 Å². The fourth-order valence-corrected chi connectivity index (χ4v) is 3.14. The smallest absolute Gasteiger partial charge is 0.0208 e. The van der Waals surface area contributed by atoms with Gasteiger partial charge in [-0.05, 0) is 38.2 Å². The summed E-state index contributed by atoms with van der Waals surface area (Å²) in [6.07, 6.45) is 4.91. The number of likely N-dealkylation sites (tertiary alicyclic amines) is 1. The van der Waals surface area contributed by atoms with Gasteiger partial charge in [-0.25, -0.2) is 0 Å². The van der Waals surface area contributed by atoms with Crippen molar-refractivity contribution >= 4 is 0 Å². The summed E-state index contributed by atoms with van der Waals surface area (Å²) in [5, 5.41) is 0. The third-order valence-electron chi connectivity index (χ3n) is 4.21. The molecule has 1 aliphatic heterocycles. The van der Waals surface area contributed by atoms with E-state index in [9.17, 15) is 0 Å². The van der Waals surface area contributed by atoms with Crippen molar-refractivity contribution in [3.63, 3.8) is 0 Å². The summed E-state index contributed by atoms with van der Waals surface area (Å²) in [4.78, 5) is 2.62.